The number of thiazole rings is 1. The van der Waals surface area contributed by atoms with Crippen LogP contribution in [0, 0.1) is 5.92 Å². The number of hydrogen-bond acceptors (Lipinski definition) is 5. The van der Waals surface area contributed by atoms with Gasteiger partial charge in [0.2, 0.25) is 0 Å². The highest BCUT2D eigenvalue weighted by molar-refractivity contribution is 7.19. The Morgan fingerprint density at radius 1 is 1.28 bits per heavy atom. The fraction of sp³-hybridized carbons (Fsp3) is 0.316. The number of aromatic nitrogens is 3. The first-order valence-corrected chi connectivity index (χ1v) is 10.2. The molecule has 126 valence electrons. The van der Waals surface area contributed by atoms with Crippen molar-refractivity contribution in [2.75, 3.05) is 0 Å². The van der Waals surface area contributed by atoms with Crippen LogP contribution in [-0.4, -0.2) is 14.5 Å². The Bertz CT molecular complexity index is 1120. The van der Waals surface area contributed by atoms with E-state index in [0.29, 0.717) is 12.5 Å². The van der Waals surface area contributed by atoms with Crippen molar-refractivity contribution in [3.05, 3.63) is 56.4 Å². The zero-order chi connectivity index (χ0) is 17.0. The minimum Gasteiger partial charge on any atom is -0.292 e. The van der Waals surface area contributed by atoms with Crippen molar-refractivity contribution in [2.45, 2.75) is 32.7 Å². The molecule has 4 nitrogen and oxygen atoms in total. The molecule has 0 aliphatic heterocycles. The minimum atomic E-state index is 0.0799. The van der Waals surface area contributed by atoms with Gasteiger partial charge < -0.3 is 0 Å². The van der Waals surface area contributed by atoms with E-state index in [9.17, 15) is 4.79 Å². The number of rotatable bonds is 2. The Morgan fingerprint density at radius 3 is 3.04 bits per heavy atom. The van der Waals surface area contributed by atoms with Crippen molar-refractivity contribution in [1.29, 1.82) is 0 Å². The van der Waals surface area contributed by atoms with Gasteiger partial charge in [0.05, 0.1) is 28.5 Å². The van der Waals surface area contributed by atoms with Gasteiger partial charge in [-0.3, -0.25) is 9.36 Å². The predicted octanol–water partition coefficient (Wildman–Crippen LogP) is 4.24. The minimum absolute atomic E-state index is 0.0799. The summed E-state index contributed by atoms with van der Waals surface area (Å²) in [5, 5.41) is 1.79. The second kappa shape index (κ2) is 5.75. The topological polar surface area (TPSA) is 47.8 Å². The second-order valence-electron chi connectivity index (χ2n) is 6.78. The summed E-state index contributed by atoms with van der Waals surface area (Å²) in [5.41, 5.74) is 2.32. The molecule has 1 aliphatic rings. The summed E-state index contributed by atoms with van der Waals surface area (Å²) in [7, 11) is 0. The number of aryl methyl sites for hydroxylation is 1. The lowest BCUT2D eigenvalue weighted by atomic mass is 9.89. The average molecular weight is 367 g/mol. The largest absolute Gasteiger partial charge is 0.292 e. The summed E-state index contributed by atoms with van der Waals surface area (Å²) in [4.78, 5) is 24.5. The molecular weight excluding hydrogens is 350 g/mol. The molecule has 0 spiro atoms. The third-order valence-corrected chi connectivity index (χ3v) is 7.11. The van der Waals surface area contributed by atoms with E-state index >= 15 is 0 Å². The molecule has 25 heavy (non-hydrogen) atoms. The average Bonchev–Trinajstić information content (AvgIpc) is 3.17. The smallest absolute Gasteiger partial charge is 0.262 e. The van der Waals surface area contributed by atoms with E-state index in [0.717, 1.165) is 44.7 Å². The summed E-state index contributed by atoms with van der Waals surface area (Å²) in [6.45, 7) is 2.77. The first-order chi connectivity index (χ1) is 12.2. The van der Waals surface area contributed by atoms with Crippen LogP contribution in [0.1, 0.15) is 28.8 Å². The number of nitrogens with zero attached hydrogens (tertiary/aromatic N) is 3. The summed E-state index contributed by atoms with van der Waals surface area (Å²) in [5.74, 6) is 0.700. The third kappa shape index (κ3) is 2.51. The summed E-state index contributed by atoms with van der Waals surface area (Å²) in [6.07, 6.45) is 4.92. The molecular formula is C19H17N3OS2. The molecule has 0 saturated carbocycles. The van der Waals surface area contributed by atoms with Gasteiger partial charge in [0, 0.05) is 4.88 Å². The third-order valence-electron chi connectivity index (χ3n) is 4.93. The van der Waals surface area contributed by atoms with Crippen LogP contribution >= 0.6 is 22.7 Å². The molecule has 6 heteroatoms. The monoisotopic (exact) mass is 367 g/mol. The van der Waals surface area contributed by atoms with E-state index < -0.39 is 0 Å². The molecule has 0 N–H and O–H groups in total. The van der Waals surface area contributed by atoms with E-state index in [1.54, 1.807) is 33.6 Å². The molecule has 4 aromatic rings. The summed E-state index contributed by atoms with van der Waals surface area (Å²) in [6, 6.07) is 8.08. The molecule has 0 saturated heterocycles. The zero-order valence-electron chi connectivity index (χ0n) is 13.9. The van der Waals surface area contributed by atoms with Crippen molar-refractivity contribution in [2.24, 2.45) is 5.92 Å². The Kier molecular flexibility index (Phi) is 3.50. The molecule has 3 aromatic heterocycles. The lowest BCUT2D eigenvalue weighted by Crippen LogP contribution is -2.22. The van der Waals surface area contributed by atoms with Crippen LogP contribution in [0.15, 0.2) is 35.4 Å². The highest BCUT2D eigenvalue weighted by atomic mass is 32.1. The van der Waals surface area contributed by atoms with E-state index in [1.165, 1.54) is 10.4 Å². The highest BCUT2D eigenvalue weighted by Gasteiger charge is 2.23. The molecule has 0 bridgehead atoms. The molecule has 3 heterocycles. The Hall–Kier alpha value is -2.05. The first-order valence-electron chi connectivity index (χ1n) is 8.53. The molecule has 0 unspecified atom stereocenters. The predicted molar refractivity (Wildman–Crippen MR) is 104 cm³/mol. The number of benzene rings is 1. The van der Waals surface area contributed by atoms with E-state index in [-0.39, 0.29) is 5.56 Å². The standard InChI is InChI=1S/C19H17N3OS2/c1-11-6-7-12-15(8-11)25-18-17(12)19(23)22(10-20-18)9-16-21-13-4-2-3-5-14(13)24-16/h2-5,10-11H,6-9H2,1H3/t11-/m0/s1. The van der Waals surface area contributed by atoms with Crippen LogP contribution in [0.25, 0.3) is 20.4 Å². The molecule has 0 amide bonds. The first kappa shape index (κ1) is 15.2. The number of thiophene rings is 1. The SMILES string of the molecule is C[C@H]1CCc2c(sc3ncn(Cc4nc5ccccc5s4)c(=O)c23)C1. The van der Waals surface area contributed by atoms with E-state index in [1.807, 2.05) is 18.2 Å². The van der Waals surface area contributed by atoms with Gasteiger partial charge in [0.1, 0.15) is 9.84 Å². The van der Waals surface area contributed by atoms with Gasteiger partial charge in [-0.2, -0.15) is 0 Å². The molecule has 1 atom stereocenters. The Morgan fingerprint density at radius 2 is 2.16 bits per heavy atom. The van der Waals surface area contributed by atoms with Crippen molar-refractivity contribution < 1.29 is 0 Å². The molecule has 1 aliphatic carbocycles. The second-order valence-corrected chi connectivity index (χ2v) is 8.98. The lowest BCUT2D eigenvalue weighted by molar-refractivity contribution is 0.509. The zero-order valence-corrected chi connectivity index (χ0v) is 15.5. The van der Waals surface area contributed by atoms with Crippen molar-refractivity contribution in [3.8, 4) is 0 Å². The summed E-state index contributed by atoms with van der Waals surface area (Å²) < 4.78 is 2.87. The van der Waals surface area contributed by atoms with Crippen LogP contribution in [0.4, 0.5) is 0 Å². The van der Waals surface area contributed by atoms with Gasteiger partial charge in [0.15, 0.2) is 0 Å². The van der Waals surface area contributed by atoms with Crippen LogP contribution in [0.2, 0.25) is 0 Å². The maximum Gasteiger partial charge on any atom is 0.262 e. The Labute approximate surface area is 152 Å². The van der Waals surface area contributed by atoms with E-state index in [4.69, 9.17) is 0 Å². The number of para-hydroxylation sites is 1. The molecule has 1 aromatic carbocycles. The maximum absolute atomic E-state index is 13.1. The van der Waals surface area contributed by atoms with Gasteiger partial charge >= 0.3 is 0 Å². The van der Waals surface area contributed by atoms with Crippen molar-refractivity contribution in [3.63, 3.8) is 0 Å². The number of hydrogen-bond donors (Lipinski definition) is 0. The molecule has 0 radical (unpaired) electrons. The fourth-order valence-corrected chi connectivity index (χ4v) is 5.92. The normalized spacial score (nSPS) is 17.2. The summed E-state index contributed by atoms with van der Waals surface area (Å²) >= 11 is 3.34. The lowest BCUT2D eigenvalue weighted by Gasteiger charge is -2.17. The van der Waals surface area contributed by atoms with Crippen LogP contribution < -0.4 is 5.56 Å². The fourth-order valence-electron chi connectivity index (χ4n) is 3.61. The molecule has 5 rings (SSSR count). The van der Waals surface area contributed by atoms with Crippen LogP contribution in [0.5, 0.6) is 0 Å². The van der Waals surface area contributed by atoms with Crippen LogP contribution in [-0.2, 0) is 19.4 Å². The Balaban J connectivity index is 1.59. The van der Waals surface area contributed by atoms with Gasteiger partial charge in [-0.1, -0.05) is 19.1 Å². The quantitative estimate of drug-likeness (QED) is 0.532. The highest BCUT2D eigenvalue weighted by Crippen LogP contribution is 2.35. The van der Waals surface area contributed by atoms with Gasteiger partial charge in [-0.25, -0.2) is 9.97 Å². The van der Waals surface area contributed by atoms with Gasteiger partial charge in [0.25, 0.3) is 5.56 Å². The number of fused-ring (bicyclic) bond motifs is 4. The maximum atomic E-state index is 13.1. The van der Waals surface area contributed by atoms with Crippen LogP contribution in [0.3, 0.4) is 0 Å². The molecule has 0 fully saturated rings. The van der Waals surface area contributed by atoms with Gasteiger partial charge in [-0.15, -0.1) is 22.7 Å². The van der Waals surface area contributed by atoms with Crippen molar-refractivity contribution in [1.82, 2.24) is 14.5 Å². The van der Waals surface area contributed by atoms with Crippen molar-refractivity contribution >= 4 is 43.1 Å². The van der Waals surface area contributed by atoms with Gasteiger partial charge in [-0.05, 0) is 42.9 Å². The van der Waals surface area contributed by atoms with E-state index in [2.05, 4.69) is 23.0 Å².